The SMILES string of the molecule is CCCCCCCCCCCCCCCC[N+](CCO)(CCCCS(=O)(=O)[O-])CCOC. The minimum atomic E-state index is -4.14. The summed E-state index contributed by atoms with van der Waals surface area (Å²) >= 11 is 0. The van der Waals surface area contributed by atoms with Gasteiger partial charge in [-0.05, 0) is 25.7 Å². The zero-order valence-electron chi connectivity index (χ0n) is 21.2. The topological polar surface area (TPSA) is 86.7 Å². The van der Waals surface area contributed by atoms with Crippen LogP contribution < -0.4 is 0 Å². The zero-order chi connectivity index (χ0) is 24.0. The fraction of sp³-hybridized carbons (Fsp3) is 1.00. The van der Waals surface area contributed by atoms with E-state index in [4.69, 9.17) is 4.74 Å². The molecule has 0 fully saturated rings. The molecular weight excluding hydrogens is 426 g/mol. The fourth-order valence-corrected chi connectivity index (χ4v) is 5.09. The van der Waals surface area contributed by atoms with Crippen molar-refractivity contribution >= 4 is 10.1 Å². The van der Waals surface area contributed by atoms with Crippen molar-refractivity contribution in [3.05, 3.63) is 0 Å². The predicted octanol–water partition coefficient (Wildman–Crippen LogP) is 5.25. The Hall–Kier alpha value is -0.210. The first-order valence-electron chi connectivity index (χ1n) is 13.3. The van der Waals surface area contributed by atoms with Gasteiger partial charge < -0.3 is 18.9 Å². The number of methoxy groups -OCH3 is 1. The second-order valence-corrected chi connectivity index (χ2v) is 11.0. The van der Waals surface area contributed by atoms with Gasteiger partial charge >= 0.3 is 0 Å². The molecule has 194 valence electrons. The molecule has 0 aliphatic rings. The highest BCUT2D eigenvalue weighted by Crippen LogP contribution is 2.16. The van der Waals surface area contributed by atoms with E-state index in [2.05, 4.69) is 6.92 Å². The van der Waals surface area contributed by atoms with Gasteiger partial charge in [0.15, 0.2) is 0 Å². The van der Waals surface area contributed by atoms with Crippen molar-refractivity contribution in [2.45, 2.75) is 110 Å². The molecule has 0 amide bonds. The smallest absolute Gasteiger partial charge is 0.102 e. The number of ether oxygens (including phenoxy) is 1. The van der Waals surface area contributed by atoms with Crippen LogP contribution in [0.1, 0.15) is 110 Å². The lowest BCUT2D eigenvalue weighted by Crippen LogP contribution is -2.53. The van der Waals surface area contributed by atoms with Crippen molar-refractivity contribution < 1.29 is 27.3 Å². The van der Waals surface area contributed by atoms with Crippen LogP contribution in [-0.2, 0) is 14.9 Å². The van der Waals surface area contributed by atoms with Gasteiger partial charge in [-0.2, -0.15) is 0 Å². The first-order valence-corrected chi connectivity index (χ1v) is 14.9. The van der Waals surface area contributed by atoms with Crippen molar-refractivity contribution in [2.24, 2.45) is 0 Å². The van der Waals surface area contributed by atoms with E-state index in [-0.39, 0.29) is 12.4 Å². The maximum atomic E-state index is 10.9. The molecule has 0 bridgehead atoms. The molecule has 7 heteroatoms. The van der Waals surface area contributed by atoms with Gasteiger partial charge in [0.25, 0.3) is 0 Å². The molecule has 0 aromatic heterocycles. The Morgan fingerprint density at radius 3 is 1.53 bits per heavy atom. The molecule has 0 aromatic rings. The Morgan fingerprint density at radius 1 is 0.688 bits per heavy atom. The standard InChI is InChI=1S/C25H53NO5S/c1-3-4-5-6-7-8-9-10-11-12-13-14-15-16-19-26(21-23-27,22-24-31-2)20-17-18-25-32(28,29)30/h27H,3-25H2,1-2H3. The van der Waals surface area contributed by atoms with Gasteiger partial charge in [0.05, 0.1) is 36.4 Å². The van der Waals surface area contributed by atoms with Gasteiger partial charge in [0, 0.05) is 12.9 Å². The van der Waals surface area contributed by atoms with E-state index < -0.39 is 10.1 Å². The number of rotatable bonds is 25. The van der Waals surface area contributed by atoms with E-state index in [0.29, 0.717) is 26.0 Å². The largest absolute Gasteiger partial charge is 0.748 e. The van der Waals surface area contributed by atoms with Crippen LogP contribution in [0.5, 0.6) is 0 Å². The molecular formula is C25H53NO5S. The minimum absolute atomic E-state index is 0.113. The Kier molecular flexibility index (Phi) is 21.2. The molecule has 0 spiro atoms. The number of aliphatic hydroxyl groups excluding tert-OH is 1. The van der Waals surface area contributed by atoms with Crippen LogP contribution in [-0.4, -0.2) is 74.8 Å². The van der Waals surface area contributed by atoms with Crippen LogP contribution in [0.15, 0.2) is 0 Å². The summed E-state index contributed by atoms with van der Waals surface area (Å²) in [6, 6.07) is 0. The van der Waals surface area contributed by atoms with E-state index >= 15 is 0 Å². The Labute approximate surface area is 199 Å². The highest BCUT2D eigenvalue weighted by atomic mass is 32.2. The van der Waals surface area contributed by atoms with E-state index in [1.807, 2.05) is 0 Å². The number of unbranched alkanes of at least 4 members (excludes halogenated alkanes) is 14. The molecule has 6 nitrogen and oxygen atoms in total. The van der Waals surface area contributed by atoms with Crippen molar-refractivity contribution in [3.8, 4) is 0 Å². The normalized spacial score (nSPS) is 14.0. The second-order valence-electron chi connectivity index (χ2n) is 9.52. The maximum absolute atomic E-state index is 10.9. The third kappa shape index (κ3) is 20.4. The lowest BCUT2D eigenvalue weighted by atomic mass is 10.0. The molecule has 0 rings (SSSR count). The molecule has 1 unspecified atom stereocenters. The van der Waals surface area contributed by atoms with Gasteiger partial charge in [0.1, 0.15) is 13.1 Å². The number of aliphatic hydroxyl groups is 1. The molecule has 1 atom stereocenters. The van der Waals surface area contributed by atoms with E-state index in [0.717, 1.165) is 30.5 Å². The van der Waals surface area contributed by atoms with Crippen molar-refractivity contribution in [3.63, 3.8) is 0 Å². The van der Waals surface area contributed by atoms with Crippen LogP contribution in [0.3, 0.4) is 0 Å². The zero-order valence-corrected chi connectivity index (χ0v) is 22.0. The van der Waals surface area contributed by atoms with Gasteiger partial charge in [0.2, 0.25) is 0 Å². The number of hydrogen-bond acceptors (Lipinski definition) is 5. The third-order valence-electron chi connectivity index (χ3n) is 6.61. The summed E-state index contributed by atoms with van der Waals surface area (Å²) in [6.07, 6.45) is 19.7. The molecule has 0 heterocycles. The third-order valence-corrected chi connectivity index (χ3v) is 7.40. The Bertz CT molecular complexity index is 501. The number of nitrogens with zero attached hydrogens (tertiary/aromatic N) is 1. The summed E-state index contributed by atoms with van der Waals surface area (Å²) < 4.78 is 38.6. The van der Waals surface area contributed by atoms with Crippen LogP contribution in [0.25, 0.3) is 0 Å². The fourth-order valence-electron chi connectivity index (χ4n) is 4.54. The molecule has 32 heavy (non-hydrogen) atoms. The van der Waals surface area contributed by atoms with E-state index in [1.54, 1.807) is 7.11 Å². The van der Waals surface area contributed by atoms with E-state index in [1.165, 1.54) is 83.5 Å². The first-order chi connectivity index (χ1) is 15.4. The summed E-state index contributed by atoms with van der Waals surface area (Å²) in [7, 11) is -2.46. The van der Waals surface area contributed by atoms with Gasteiger partial charge in [-0.25, -0.2) is 8.42 Å². The minimum Gasteiger partial charge on any atom is -0.748 e. The van der Waals surface area contributed by atoms with Crippen LogP contribution in [0.4, 0.5) is 0 Å². The summed E-state index contributed by atoms with van der Waals surface area (Å²) in [5.41, 5.74) is 0. The monoisotopic (exact) mass is 479 g/mol. The second kappa shape index (κ2) is 21.3. The maximum Gasteiger partial charge on any atom is 0.102 e. The molecule has 0 saturated heterocycles. The molecule has 0 aliphatic carbocycles. The molecule has 0 radical (unpaired) electrons. The lowest BCUT2D eigenvalue weighted by molar-refractivity contribution is -0.929. The molecule has 1 N–H and O–H groups in total. The summed E-state index contributed by atoms with van der Waals surface area (Å²) in [5, 5.41) is 9.60. The molecule has 0 aliphatic heterocycles. The van der Waals surface area contributed by atoms with Crippen molar-refractivity contribution in [1.29, 1.82) is 0 Å². The number of hydrogen-bond donors (Lipinski definition) is 1. The Morgan fingerprint density at radius 2 is 1.12 bits per heavy atom. The average Bonchev–Trinajstić information content (AvgIpc) is 2.75. The summed E-state index contributed by atoms with van der Waals surface area (Å²) in [4.78, 5) is 0. The summed E-state index contributed by atoms with van der Waals surface area (Å²) in [6.45, 7) is 6.25. The van der Waals surface area contributed by atoms with Crippen molar-refractivity contribution in [2.75, 3.05) is 52.3 Å². The predicted molar refractivity (Wildman–Crippen MR) is 133 cm³/mol. The quantitative estimate of drug-likeness (QED) is 0.110. The highest BCUT2D eigenvalue weighted by molar-refractivity contribution is 7.85. The number of quaternary nitrogens is 1. The van der Waals surface area contributed by atoms with Gasteiger partial charge in [-0.1, -0.05) is 84.0 Å². The van der Waals surface area contributed by atoms with E-state index in [9.17, 15) is 18.1 Å². The van der Waals surface area contributed by atoms with Crippen molar-refractivity contribution in [1.82, 2.24) is 0 Å². The lowest BCUT2D eigenvalue weighted by Gasteiger charge is -2.38. The Balaban J connectivity index is 3.99. The first kappa shape index (κ1) is 31.8. The molecule has 0 aromatic carbocycles. The van der Waals surface area contributed by atoms with Crippen LogP contribution in [0, 0.1) is 0 Å². The highest BCUT2D eigenvalue weighted by Gasteiger charge is 2.25. The average molecular weight is 480 g/mol. The van der Waals surface area contributed by atoms with Gasteiger partial charge in [-0.3, -0.25) is 0 Å². The van der Waals surface area contributed by atoms with Gasteiger partial charge in [-0.15, -0.1) is 0 Å². The molecule has 0 saturated carbocycles. The van der Waals surface area contributed by atoms with Crippen LogP contribution >= 0.6 is 0 Å². The summed E-state index contributed by atoms with van der Waals surface area (Å²) in [5.74, 6) is -0.296. The van der Waals surface area contributed by atoms with Crippen LogP contribution in [0.2, 0.25) is 0 Å².